The smallest absolute Gasteiger partial charge is 0.194 e. The standard InChI is InChI=1S/C36H33NO4/c1-26(38)40-34-21-15-29(16-22-34)36(30-17-23-35(24-18-30)41-27(2)39)25-28-13-19-33(20-14-28)37(31-9-5-3-6-10-31)32-11-7-4-8-12-32/h3-27,38-39H,1-2H3. The van der Waals surface area contributed by atoms with Gasteiger partial charge >= 0.3 is 0 Å². The molecule has 41 heavy (non-hydrogen) atoms. The summed E-state index contributed by atoms with van der Waals surface area (Å²) in [5.41, 5.74) is 7.26. The molecule has 0 bridgehead atoms. The summed E-state index contributed by atoms with van der Waals surface area (Å²) in [7, 11) is 0. The first kappa shape index (κ1) is 27.7. The fourth-order valence-electron chi connectivity index (χ4n) is 4.64. The number of nitrogens with zero attached hydrogens (tertiary/aromatic N) is 1. The minimum atomic E-state index is -0.887. The van der Waals surface area contributed by atoms with E-state index in [1.54, 1.807) is 13.8 Å². The monoisotopic (exact) mass is 543 g/mol. The fraction of sp³-hybridized carbons (Fsp3) is 0.111. The zero-order chi connectivity index (χ0) is 28.6. The summed E-state index contributed by atoms with van der Waals surface area (Å²) in [5.74, 6) is 1.19. The minimum Gasteiger partial charge on any atom is -0.465 e. The zero-order valence-electron chi connectivity index (χ0n) is 23.1. The van der Waals surface area contributed by atoms with Gasteiger partial charge in [-0.3, -0.25) is 0 Å². The van der Waals surface area contributed by atoms with E-state index >= 15 is 0 Å². The number of rotatable bonds is 10. The first-order valence-corrected chi connectivity index (χ1v) is 13.6. The van der Waals surface area contributed by atoms with Crippen molar-refractivity contribution in [2.75, 3.05) is 4.90 Å². The van der Waals surface area contributed by atoms with E-state index in [4.69, 9.17) is 9.47 Å². The Labute approximate surface area is 241 Å². The highest BCUT2D eigenvalue weighted by Crippen LogP contribution is 2.35. The average Bonchev–Trinajstić information content (AvgIpc) is 2.98. The van der Waals surface area contributed by atoms with Crippen LogP contribution in [-0.2, 0) is 0 Å². The van der Waals surface area contributed by atoms with Crippen molar-refractivity contribution < 1.29 is 19.7 Å². The van der Waals surface area contributed by atoms with Crippen LogP contribution in [0.5, 0.6) is 11.5 Å². The van der Waals surface area contributed by atoms with Gasteiger partial charge in [-0.05, 0) is 103 Å². The molecule has 2 N–H and O–H groups in total. The Balaban J connectivity index is 1.51. The molecule has 0 radical (unpaired) electrons. The third-order valence-corrected chi connectivity index (χ3v) is 6.43. The predicted molar refractivity (Wildman–Crippen MR) is 166 cm³/mol. The number of hydrogen-bond acceptors (Lipinski definition) is 5. The number of aliphatic hydroxyl groups excluding tert-OH is 2. The normalized spacial score (nSPS) is 12.2. The number of aliphatic hydroxyl groups is 2. The third-order valence-electron chi connectivity index (χ3n) is 6.43. The number of hydrogen-bond donors (Lipinski definition) is 2. The van der Waals surface area contributed by atoms with Crippen molar-refractivity contribution in [1.29, 1.82) is 0 Å². The number of para-hydroxylation sites is 2. The number of anilines is 3. The van der Waals surface area contributed by atoms with Crippen molar-refractivity contribution in [3.05, 3.63) is 150 Å². The van der Waals surface area contributed by atoms with Crippen LogP contribution in [0.15, 0.2) is 133 Å². The molecule has 0 aromatic heterocycles. The maximum absolute atomic E-state index is 9.59. The van der Waals surface area contributed by atoms with E-state index < -0.39 is 12.6 Å². The van der Waals surface area contributed by atoms with Crippen LogP contribution in [0.3, 0.4) is 0 Å². The lowest BCUT2D eigenvalue weighted by molar-refractivity contribution is -0.000873. The van der Waals surface area contributed by atoms with Gasteiger partial charge in [-0.15, -0.1) is 0 Å². The summed E-state index contributed by atoms with van der Waals surface area (Å²) in [5, 5.41) is 19.2. The third kappa shape index (κ3) is 7.22. The molecule has 2 atom stereocenters. The Kier molecular flexibility index (Phi) is 8.79. The van der Waals surface area contributed by atoms with Crippen LogP contribution in [0.1, 0.15) is 30.5 Å². The van der Waals surface area contributed by atoms with Crippen molar-refractivity contribution >= 4 is 28.7 Å². The largest absolute Gasteiger partial charge is 0.465 e. The summed E-state index contributed by atoms with van der Waals surface area (Å²) in [6.07, 6.45) is 0.373. The van der Waals surface area contributed by atoms with E-state index in [1.807, 2.05) is 84.9 Å². The Morgan fingerprint density at radius 3 is 1.32 bits per heavy atom. The van der Waals surface area contributed by atoms with Crippen molar-refractivity contribution in [3.63, 3.8) is 0 Å². The molecule has 5 rings (SSSR count). The Bertz CT molecular complexity index is 1450. The van der Waals surface area contributed by atoms with Crippen LogP contribution < -0.4 is 14.4 Å². The topological polar surface area (TPSA) is 62.2 Å². The maximum atomic E-state index is 9.59. The van der Waals surface area contributed by atoms with Crippen molar-refractivity contribution in [2.45, 2.75) is 26.4 Å². The molecule has 0 saturated carbocycles. The first-order valence-electron chi connectivity index (χ1n) is 13.6. The Hall–Kier alpha value is -4.84. The highest BCUT2D eigenvalue weighted by Gasteiger charge is 2.13. The van der Waals surface area contributed by atoms with Crippen LogP contribution in [0.4, 0.5) is 17.1 Å². The second kappa shape index (κ2) is 13.0. The van der Waals surface area contributed by atoms with Gasteiger partial charge in [0.1, 0.15) is 11.5 Å². The SMILES string of the molecule is CC(O)Oc1ccc(C(=Cc2ccc(N(c3ccccc3)c3ccccc3)cc2)c2ccc(OC(C)O)cc2)cc1. The van der Waals surface area contributed by atoms with Crippen LogP contribution in [0.25, 0.3) is 11.6 Å². The molecule has 0 fully saturated rings. The molecular weight excluding hydrogens is 510 g/mol. The van der Waals surface area contributed by atoms with Gasteiger partial charge in [0.2, 0.25) is 0 Å². The lowest BCUT2D eigenvalue weighted by atomic mass is 9.95. The molecule has 0 amide bonds. The second-order valence-electron chi connectivity index (χ2n) is 9.64. The molecule has 0 spiro atoms. The fourth-order valence-corrected chi connectivity index (χ4v) is 4.64. The molecule has 0 aliphatic heterocycles. The van der Waals surface area contributed by atoms with Gasteiger partial charge in [0.05, 0.1) is 0 Å². The van der Waals surface area contributed by atoms with Crippen molar-refractivity contribution in [2.24, 2.45) is 0 Å². The molecule has 0 saturated heterocycles. The van der Waals surface area contributed by atoms with Gasteiger partial charge in [-0.25, -0.2) is 0 Å². The van der Waals surface area contributed by atoms with Crippen LogP contribution in [0.2, 0.25) is 0 Å². The molecule has 5 nitrogen and oxygen atoms in total. The summed E-state index contributed by atoms with van der Waals surface area (Å²) in [6, 6.07) is 44.4. The molecular formula is C36H33NO4. The summed E-state index contributed by atoms with van der Waals surface area (Å²) < 4.78 is 10.9. The second-order valence-corrected chi connectivity index (χ2v) is 9.64. The van der Waals surface area contributed by atoms with Gasteiger partial charge in [0, 0.05) is 17.1 Å². The van der Waals surface area contributed by atoms with E-state index in [2.05, 4.69) is 59.5 Å². The molecule has 206 valence electrons. The molecule has 2 unspecified atom stereocenters. The van der Waals surface area contributed by atoms with E-state index in [0.29, 0.717) is 11.5 Å². The quantitative estimate of drug-likeness (QED) is 0.137. The molecule has 0 aliphatic carbocycles. The van der Waals surface area contributed by atoms with Crippen LogP contribution in [0, 0.1) is 0 Å². The molecule has 0 aliphatic rings. The summed E-state index contributed by atoms with van der Waals surface area (Å²) in [6.45, 7) is 3.16. The van der Waals surface area contributed by atoms with Crippen molar-refractivity contribution in [3.8, 4) is 11.5 Å². The van der Waals surface area contributed by atoms with Crippen LogP contribution >= 0.6 is 0 Å². The van der Waals surface area contributed by atoms with E-state index in [0.717, 1.165) is 39.3 Å². The molecule has 5 heteroatoms. The number of ether oxygens (including phenoxy) is 2. The van der Waals surface area contributed by atoms with E-state index in [9.17, 15) is 10.2 Å². The maximum Gasteiger partial charge on any atom is 0.194 e. The summed E-state index contributed by atoms with van der Waals surface area (Å²) in [4.78, 5) is 2.23. The molecule has 5 aromatic carbocycles. The first-order chi connectivity index (χ1) is 20.0. The van der Waals surface area contributed by atoms with Gasteiger partial charge in [0.15, 0.2) is 12.6 Å². The van der Waals surface area contributed by atoms with Gasteiger partial charge in [0.25, 0.3) is 0 Å². The van der Waals surface area contributed by atoms with Gasteiger partial charge in [-0.2, -0.15) is 0 Å². The Morgan fingerprint density at radius 2 is 0.927 bits per heavy atom. The highest BCUT2D eigenvalue weighted by atomic mass is 16.6. The number of benzene rings is 5. The van der Waals surface area contributed by atoms with E-state index in [-0.39, 0.29) is 0 Å². The van der Waals surface area contributed by atoms with Crippen molar-refractivity contribution in [1.82, 2.24) is 0 Å². The van der Waals surface area contributed by atoms with E-state index in [1.165, 1.54) is 0 Å². The lowest BCUT2D eigenvalue weighted by Gasteiger charge is -2.25. The minimum absolute atomic E-state index is 0.593. The molecule has 0 heterocycles. The van der Waals surface area contributed by atoms with Gasteiger partial charge < -0.3 is 24.6 Å². The van der Waals surface area contributed by atoms with Crippen LogP contribution in [-0.4, -0.2) is 22.8 Å². The zero-order valence-corrected chi connectivity index (χ0v) is 23.1. The van der Waals surface area contributed by atoms with Gasteiger partial charge in [-0.1, -0.05) is 72.8 Å². The molecule has 5 aromatic rings. The average molecular weight is 544 g/mol. The highest BCUT2D eigenvalue weighted by molar-refractivity contribution is 5.92. The summed E-state index contributed by atoms with van der Waals surface area (Å²) >= 11 is 0. The predicted octanol–water partition coefficient (Wildman–Crippen LogP) is 8.18. The Morgan fingerprint density at radius 1 is 0.537 bits per heavy atom. The lowest BCUT2D eigenvalue weighted by Crippen LogP contribution is -2.09.